The Morgan fingerprint density at radius 2 is 1.86 bits per heavy atom. The van der Waals surface area contributed by atoms with Gasteiger partial charge in [0.1, 0.15) is 11.7 Å². The van der Waals surface area contributed by atoms with Crippen molar-refractivity contribution in [1.82, 2.24) is 5.32 Å². The van der Waals surface area contributed by atoms with Crippen molar-refractivity contribution in [2.45, 2.75) is 12.8 Å². The third kappa shape index (κ3) is 6.48. The van der Waals surface area contributed by atoms with Crippen LogP contribution in [0, 0.1) is 23.1 Å². The lowest BCUT2D eigenvalue weighted by Gasteiger charge is -2.31. The van der Waals surface area contributed by atoms with Crippen LogP contribution in [0.3, 0.4) is 0 Å². The third-order valence-electron chi connectivity index (χ3n) is 5.20. The largest absolute Gasteiger partial charge is 0.491 e. The Balaban J connectivity index is 1.96. The Kier molecular flexibility index (Phi) is 9.68. The van der Waals surface area contributed by atoms with Gasteiger partial charge >= 0.3 is 5.97 Å². The van der Waals surface area contributed by atoms with Crippen LogP contribution in [-0.2, 0) is 19.1 Å². The summed E-state index contributed by atoms with van der Waals surface area (Å²) in [6.45, 7) is 2.05. The minimum absolute atomic E-state index is 0.00826. The van der Waals surface area contributed by atoms with Crippen molar-refractivity contribution in [3.63, 3.8) is 0 Å². The number of carbonyl (C=O) groups is 3. The van der Waals surface area contributed by atoms with Gasteiger partial charge in [-0.3, -0.25) is 14.4 Å². The number of amides is 2. The van der Waals surface area contributed by atoms with Crippen molar-refractivity contribution < 1.29 is 28.2 Å². The fraction of sp³-hybridized carbons (Fsp3) is 0.250. The molecule has 2 aromatic rings. The first-order valence-corrected chi connectivity index (χ1v) is 12.8. The molecule has 0 bridgehead atoms. The maximum absolute atomic E-state index is 13.4. The number of nitrogens with one attached hydrogen (secondary N) is 2. The monoisotopic (exact) mass is 585 g/mol. The molecule has 2 N–H and O–H groups in total. The molecular weight excluding hydrogens is 568 g/mol. The van der Waals surface area contributed by atoms with Crippen molar-refractivity contribution in [2.24, 2.45) is 5.92 Å². The summed E-state index contributed by atoms with van der Waals surface area (Å²) in [6.07, 6.45) is 0. The fourth-order valence-electron chi connectivity index (χ4n) is 3.63. The molecular formula is C24H19Cl3FN3O5S. The Bertz CT molecular complexity index is 1310. The molecule has 0 saturated carbocycles. The quantitative estimate of drug-likeness (QED) is 0.319. The Hall–Kier alpha value is -2.97. The number of anilines is 1. The van der Waals surface area contributed by atoms with Crippen LogP contribution < -0.4 is 15.4 Å². The van der Waals surface area contributed by atoms with E-state index >= 15 is 0 Å². The minimum Gasteiger partial charge on any atom is -0.491 e. The zero-order valence-electron chi connectivity index (χ0n) is 19.4. The second kappa shape index (κ2) is 12.5. The van der Waals surface area contributed by atoms with E-state index in [1.54, 1.807) is 6.92 Å². The van der Waals surface area contributed by atoms with Gasteiger partial charge in [0.2, 0.25) is 11.8 Å². The average Bonchev–Trinajstić information content (AvgIpc) is 2.86. The Morgan fingerprint density at radius 1 is 1.19 bits per heavy atom. The lowest BCUT2D eigenvalue weighted by atomic mass is 9.78. The van der Waals surface area contributed by atoms with Crippen molar-refractivity contribution in [2.75, 3.05) is 24.8 Å². The van der Waals surface area contributed by atoms with Crippen LogP contribution in [0.25, 0.3) is 0 Å². The lowest BCUT2D eigenvalue weighted by Crippen LogP contribution is -2.44. The standard InChI is InChI=1S/C24H19Cl3FN3O5S/c1-3-36-21-15(26)6-11(7-16(21)27)19-13(9-29)23(31-22(33)20(19)24(34)35-2)37-10-18(32)30-12-4-5-17(28)14(25)8-12/h4-8,19-20H,3,10H2,1-2H3,(H,30,32)(H,31,33)/t19-,20-/m0/s1. The van der Waals surface area contributed by atoms with Gasteiger partial charge in [0.15, 0.2) is 5.75 Å². The summed E-state index contributed by atoms with van der Waals surface area (Å²) in [5.41, 5.74) is 0.583. The number of carbonyl (C=O) groups excluding carboxylic acids is 3. The molecule has 0 radical (unpaired) electrons. The average molecular weight is 587 g/mol. The summed E-state index contributed by atoms with van der Waals surface area (Å²) < 4.78 is 23.6. The van der Waals surface area contributed by atoms with Gasteiger partial charge in [-0.05, 0) is 42.8 Å². The molecule has 37 heavy (non-hydrogen) atoms. The molecule has 0 unspecified atom stereocenters. The van der Waals surface area contributed by atoms with E-state index in [4.69, 9.17) is 44.3 Å². The zero-order chi connectivity index (χ0) is 27.3. The van der Waals surface area contributed by atoms with Crippen molar-refractivity contribution in [3.8, 4) is 11.8 Å². The van der Waals surface area contributed by atoms with Gasteiger partial charge < -0.3 is 20.1 Å². The number of halogens is 4. The van der Waals surface area contributed by atoms with Crippen LogP contribution in [0.5, 0.6) is 5.75 Å². The van der Waals surface area contributed by atoms with E-state index < -0.39 is 35.4 Å². The topological polar surface area (TPSA) is 118 Å². The molecule has 0 spiro atoms. The third-order valence-corrected chi connectivity index (χ3v) is 7.07. The molecule has 3 rings (SSSR count). The van der Waals surface area contributed by atoms with E-state index in [-0.39, 0.29) is 42.9 Å². The van der Waals surface area contributed by atoms with Crippen LogP contribution in [0.2, 0.25) is 15.1 Å². The van der Waals surface area contributed by atoms with Gasteiger partial charge in [0.25, 0.3) is 0 Å². The first-order valence-electron chi connectivity index (χ1n) is 10.6. The highest BCUT2D eigenvalue weighted by Crippen LogP contribution is 2.44. The molecule has 0 saturated heterocycles. The molecule has 13 heteroatoms. The number of methoxy groups -OCH3 is 1. The Morgan fingerprint density at radius 3 is 2.43 bits per heavy atom. The number of nitrogens with zero attached hydrogens (tertiary/aromatic N) is 1. The Labute approximate surface area is 231 Å². The molecule has 0 aromatic heterocycles. The highest BCUT2D eigenvalue weighted by atomic mass is 35.5. The van der Waals surface area contributed by atoms with Crippen LogP contribution in [0.4, 0.5) is 10.1 Å². The number of esters is 1. The predicted molar refractivity (Wildman–Crippen MR) is 139 cm³/mol. The van der Waals surface area contributed by atoms with Crippen molar-refractivity contribution in [3.05, 3.63) is 67.4 Å². The van der Waals surface area contributed by atoms with Crippen LogP contribution in [0.1, 0.15) is 18.4 Å². The maximum Gasteiger partial charge on any atom is 0.319 e. The van der Waals surface area contributed by atoms with Gasteiger partial charge in [-0.1, -0.05) is 46.6 Å². The minimum atomic E-state index is -1.41. The number of allylic oxidation sites excluding steroid dienone is 1. The van der Waals surface area contributed by atoms with Crippen molar-refractivity contribution >= 4 is 70.0 Å². The number of rotatable bonds is 8. The summed E-state index contributed by atoms with van der Waals surface area (Å²) in [7, 11) is 1.12. The molecule has 194 valence electrons. The maximum atomic E-state index is 13.4. The molecule has 8 nitrogen and oxygen atoms in total. The summed E-state index contributed by atoms with van der Waals surface area (Å²) in [5, 5.41) is 15.3. The first-order chi connectivity index (χ1) is 17.6. The molecule has 1 aliphatic heterocycles. The highest BCUT2D eigenvalue weighted by Gasteiger charge is 2.44. The van der Waals surface area contributed by atoms with Crippen LogP contribution >= 0.6 is 46.6 Å². The summed E-state index contributed by atoms with van der Waals surface area (Å²) in [4.78, 5) is 38.0. The molecule has 2 aromatic carbocycles. The van der Waals surface area contributed by atoms with E-state index in [0.29, 0.717) is 12.2 Å². The van der Waals surface area contributed by atoms with E-state index in [1.807, 2.05) is 6.07 Å². The van der Waals surface area contributed by atoms with Crippen LogP contribution in [0.15, 0.2) is 40.9 Å². The molecule has 2 atom stereocenters. The molecule has 1 aliphatic rings. The summed E-state index contributed by atoms with van der Waals surface area (Å²) >= 11 is 19.3. The number of benzene rings is 2. The van der Waals surface area contributed by atoms with Crippen LogP contribution in [-0.4, -0.2) is 37.3 Å². The number of thioether (sulfide) groups is 1. The number of ether oxygens (including phenoxy) is 2. The summed E-state index contributed by atoms with van der Waals surface area (Å²) in [6, 6.07) is 8.64. The molecule has 0 aliphatic carbocycles. The normalized spacial score (nSPS) is 17.1. The van der Waals surface area contributed by atoms with Gasteiger partial charge in [0, 0.05) is 11.6 Å². The summed E-state index contributed by atoms with van der Waals surface area (Å²) in [5.74, 6) is -5.26. The van der Waals surface area contributed by atoms with Crippen molar-refractivity contribution in [1.29, 1.82) is 5.26 Å². The second-order valence-electron chi connectivity index (χ2n) is 7.53. The molecule has 0 fully saturated rings. The lowest BCUT2D eigenvalue weighted by molar-refractivity contribution is -0.150. The number of hydrogen-bond acceptors (Lipinski definition) is 7. The second-order valence-corrected chi connectivity index (χ2v) is 9.74. The SMILES string of the molecule is CCOc1c(Cl)cc([C@H]2C(C#N)=C(SCC(=O)Nc3ccc(F)c(Cl)c3)NC(=O)[C@H]2C(=O)OC)cc1Cl. The van der Waals surface area contributed by atoms with Gasteiger partial charge in [-0.25, -0.2) is 4.39 Å². The van der Waals surface area contributed by atoms with Gasteiger partial charge in [-0.2, -0.15) is 5.26 Å². The zero-order valence-corrected chi connectivity index (χ0v) is 22.4. The fourth-order valence-corrected chi connectivity index (χ4v) is 5.27. The predicted octanol–water partition coefficient (Wildman–Crippen LogP) is 5.29. The number of nitriles is 1. The molecule has 1 heterocycles. The smallest absolute Gasteiger partial charge is 0.319 e. The van der Waals surface area contributed by atoms with E-state index in [0.717, 1.165) is 24.9 Å². The van der Waals surface area contributed by atoms with Gasteiger partial charge in [0.05, 0.1) is 51.2 Å². The number of hydrogen-bond donors (Lipinski definition) is 2. The molecule has 2 amide bonds. The van der Waals surface area contributed by atoms with Gasteiger partial charge in [-0.15, -0.1) is 0 Å². The van der Waals surface area contributed by atoms with E-state index in [1.165, 1.54) is 24.3 Å². The van der Waals surface area contributed by atoms with E-state index in [9.17, 15) is 24.0 Å². The van der Waals surface area contributed by atoms with E-state index in [2.05, 4.69) is 10.6 Å². The highest BCUT2D eigenvalue weighted by molar-refractivity contribution is 8.03. The first kappa shape index (κ1) is 28.6.